The fourth-order valence-corrected chi connectivity index (χ4v) is 3.13. The van der Waals surface area contributed by atoms with E-state index in [9.17, 15) is 0 Å². The van der Waals surface area contributed by atoms with E-state index >= 15 is 0 Å². The van der Waals surface area contributed by atoms with Crippen molar-refractivity contribution >= 4 is 0 Å². The van der Waals surface area contributed by atoms with E-state index in [1.807, 2.05) is 0 Å². The highest BCUT2D eigenvalue weighted by molar-refractivity contribution is 5.02. The van der Waals surface area contributed by atoms with Gasteiger partial charge >= 0.3 is 0 Å². The van der Waals surface area contributed by atoms with Crippen LogP contribution in [0.15, 0.2) is 4.52 Å². The summed E-state index contributed by atoms with van der Waals surface area (Å²) in [6.45, 7) is 7.48. The van der Waals surface area contributed by atoms with Crippen LogP contribution in [0.2, 0.25) is 0 Å². The van der Waals surface area contributed by atoms with Gasteiger partial charge in [-0.1, -0.05) is 38.3 Å². The minimum absolute atomic E-state index is 0.324. The fraction of sp³-hybridized carbons (Fsp3) is 0.867. The molecule has 1 aliphatic rings. The minimum Gasteiger partial charge on any atom is -0.339 e. The molecule has 1 aliphatic carbocycles. The molecular weight excluding hydrogens is 238 g/mol. The van der Waals surface area contributed by atoms with E-state index in [1.54, 1.807) is 0 Å². The first-order chi connectivity index (χ1) is 9.26. The highest BCUT2D eigenvalue weighted by atomic mass is 16.5. The molecule has 0 bridgehead atoms. The quantitative estimate of drug-likeness (QED) is 0.853. The van der Waals surface area contributed by atoms with Crippen LogP contribution in [0, 0.1) is 0 Å². The van der Waals surface area contributed by atoms with E-state index in [0.717, 1.165) is 24.7 Å². The van der Waals surface area contributed by atoms with E-state index in [2.05, 4.69) is 31.2 Å². The topological polar surface area (TPSA) is 51.0 Å². The van der Waals surface area contributed by atoms with Crippen molar-refractivity contribution in [3.05, 3.63) is 11.7 Å². The number of hydrogen-bond acceptors (Lipinski definition) is 4. The Labute approximate surface area is 116 Å². The van der Waals surface area contributed by atoms with E-state index in [-0.39, 0.29) is 0 Å². The fourth-order valence-electron chi connectivity index (χ4n) is 3.13. The standard InChI is InChI=1S/C15H27N3O/c1-4-13(11(3)16-5-2)15-17-14(18-19-15)12-9-7-6-8-10-12/h11-13,16H,4-10H2,1-3H3. The number of likely N-dealkylation sites (N-methyl/N-ethyl adjacent to an activating group) is 1. The molecule has 0 amide bonds. The predicted molar refractivity (Wildman–Crippen MR) is 76.3 cm³/mol. The zero-order chi connectivity index (χ0) is 13.7. The van der Waals surface area contributed by atoms with Crippen molar-refractivity contribution in [3.63, 3.8) is 0 Å². The summed E-state index contributed by atoms with van der Waals surface area (Å²) < 4.78 is 5.54. The summed E-state index contributed by atoms with van der Waals surface area (Å²) in [5.41, 5.74) is 0. The lowest BCUT2D eigenvalue weighted by Gasteiger charge is -2.20. The van der Waals surface area contributed by atoms with Gasteiger partial charge in [-0.15, -0.1) is 0 Å². The molecule has 1 aromatic heterocycles. The van der Waals surface area contributed by atoms with Crippen LogP contribution in [0.4, 0.5) is 0 Å². The zero-order valence-corrected chi connectivity index (χ0v) is 12.5. The van der Waals surface area contributed by atoms with Crippen molar-refractivity contribution in [1.82, 2.24) is 15.5 Å². The maximum atomic E-state index is 5.54. The Morgan fingerprint density at radius 2 is 2.00 bits per heavy atom. The second-order valence-corrected chi connectivity index (χ2v) is 5.69. The van der Waals surface area contributed by atoms with Gasteiger partial charge in [-0.25, -0.2) is 0 Å². The summed E-state index contributed by atoms with van der Waals surface area (Å²) in [4.78, 5) is 4.69. The molecule has 0 saturated heterocycles. The second-order valence-electron chi connectivity index (χ2n) is 5.69. The average molecular weight is 265 g/mol. The van der Waals surface area contributed by atoms with Crippen LogP contribution < -0.4 is 5.32 Å². The maximum Gasteiger partial charge on any atom is 0.231 e. The lowest BCUT2D eigenvalue weighted by molar-refractivity contribution is 0.312. The average Bonchev–Trinajstić information content (AvgIpc) is 2.90. The van der Waals surface area contributed by atoms with Crippen LogP contribution >= 0.6 is 0 Å². The zero-order valence-electron chi connectivity index (χ0n) is 12.5. The molecule has 0 spiro atoms. The van der Waals surface area contributed by atoms with Gasteiger partial charge in [0.05, 0.1) is 5.92 Å². The summed E-state index contributed by atoms with van der Waals surface area (Å²) in [7, 11) is 0. The molecule has 1 aromatic rings. The molecule has 1 heterocycles. The van der Waals surface area contributed by atoms with Crippen LogP contribution in [0.5, 0.6) is 0 Å². The van der Waals surface area contributed by atoms with Crippen LogP contribution in [-0.4, -0.2) is 22.7 Å². The van der Waals surface area contributed by atoms with Crippen molar-refractivity contribution in [2.24, 2.45) is 0 Å². The molecular formula is C15H27N3O. The molecule has 2 atom stereocenters. The molecule has 0 radical (unpaired) electrons. The van der Waals surface area contributed by atoms with Crippen molar-refractivity contribution in [2.45, 2.75) is 77.2 Å². The number of nitrogens with one attached hydrogen (secondary N) is 1. The Bertz CT molecular complexity index is 371. The number of rotatable bonds is 6. The number of nitrogens with zero attached hydrogens (tertiary/aromatic N) is 2. The highest BCUT2D eigenvalue weighted by Crippen LogP contribution is 2.32. The summed E-state index contributed by atoms with van der Waals surface area (Å²) in [5.74, 6) is 2.61. The predicted octanol–water partition coefficient (Wildman–Crippen LogP) is 3.61. The van der Waals surface area contributed by atoms with Crippen molar-refractivity contribution in [3.8, 4) is 0 Å². The lowest BCUT2D eigenvalue weighted by atomic mass is 9.89. The molecule has 0 aliphatic heterocycles. The van der Waals surface area contributed by atoms with E-state index < -0.39 is 0 Å². The molecule has 2 rings (SSSR count). The van der Waals surface area contributed by atoms with E-state index in [1.165, 1.54) is 32.1 Å². The van der Waals surface area contributed by atoms with Gasteiger partial charge in [0.25, 0.3) is 0 Å². The minimum atomic E-state index is 0.324. The second kappa shape index (κ2) is 7.04. The molecule has 108 valence electrons. The summed E-state index contributed by atoms with van der Waals surface area (Å²) in [5, 5.41) is 7.69. The SMILES string of the molecule is CCNC(C)C(CC)c1nc(C2CCCCC2)no1. The van der Waals surface area contributed by atoms with Crippen LogP contribution in [0.3, 0.4) is 0 Å². The first-order valence-electron chi connectivity index (χ1n) is 7.83. The number of aromatic nitrogens is 2. The normalized spacial score (nSPS) is 20.4. The molecule has 4 nitrogen and oxygen atoms in total. The van der Waals surface area contributed by atoms with Gasteiger partial charge in [-0.2, -0.15) is 4.98 Å². The van der Waals surface area contributed by atoms with Crippen molar-refractivity contribution in [1.29, 1.82) is 0 Å². The summed E-state index contributed by atoms with van der Waals surface area (Å²) in [6, 6.07) is 0.384. The van der Waals surface area contributed by atoms with Gasteiger partial charge in [0.1, 0.15) is 0 Å². The van der Waals surface area contributed by atoms with E-state index in [4.69, 9.17) is 9.51 Å². The lowest BCUT2D eigenvalue weighted by Crippen LogP contribution is -2.31. The van der Waals surface area contributed by atoms with Gasteiger partial charge in [-0.05, 0) is 32.7 Å². The van der Waals surface area contributed by atoms with Gasteiger partial charge in [0.15, 0.2) is 5.82 Å². The highest BCUT2D eigenvalue weighted by Gasteiger charge is 2.26. The molecule has 1 fully saturated rings. The third-order valence-electron chi connectivity index (χ3n) is 4.31. The van der Waals surface area contributed by atoms with Crippen molar-refractivity contribution < 1.29 is 4.52 Å². The maximum absolute atomic E-state index is 5.54. The van der Waals surface area contributed by atoms with Crippen LogP contribution in [-0.2, 0) is 0 Å². The van der Waals surface area contributed by atoms with Gasteiger partial charge < -0.3 is 9.84 Å². The monoisotopic (exact) mass is 265 g/mol. The summed E-state index contributed by atoms with van der Waals surface area (Å²) >= 11 is 0. The molecule has 1 saturated carbocycles. The third-order valence-corrected chi connectivity index (χ3v) is 4.31. The van der Waals surface area contributed by atoms with Gasteiger partial charge in [-0.3, -0.25) is 0 Å². The number of hydrogen-bond donors (Lipinski definition) is 1. The summed E-state index contributed by atoms with van der Waals surface area (Å²) in [6.07, 6.45) is 7.44. The molecule has 2 unspecified atom stereocenters. The Hall–Kier alpha value is -0.900. The van der Waals surface area contributed by atoms with Gasteiger partial charge in [0, 0.05) is 12.0 Å². The van der Waals surface area contributed by atoms with E-state index in [0.29, 0.717) is 17.9 Å². The van der Waals surface area contributed by atoms with Crippen LogP contribution in [0.25, 0.3) is 0 Å². The Morgan fingerprint density at radius 1 is 1.26 bits per heavy atom. The molecule has 1 N–H and O–H groups in total. The Kier molecular flexibility index (Phi) is 5.37. The molecule has 19 heavy (non-hydrogen) atoms. The van der Waals surface area contributed by atoms with Crippen molar-refractivity contribution in [2.75, 3.05) is 6.54 Å². The van der Waals surface area contributed by atoms with Crippen LogP contribution in [0.1, 0.15) is 82.8 Å². The Balaban J connectivity index is 2.05. The molecule has 4 heteroatoms. The molecule has 0 aromatic carbocycles. The first-order valence-corrected chi connectivity index (χ1v) is 7.83. The Morgan fingerprint density at radius 3 is 2.63 bits per heavy atom. The smallest absolute Gasteiger partial charge is 0.231 e. The van der Waals surface area contributed by atoms with Gasteiger partial charge in [0.2, 0.25) is 5.89 Å². The largest absolute Gasteiger partial charge is 0.339 e. The third kappa shape index (κ3) is 3.56. The first kappa shape index (κ1) is 14.5.